The van der Waals surface area contributed by atoms with E-state index in [1.54, 1.807) is 12.1 Å². The Morgan fingerprint density at radius 1 is 1.35 bits per heavy atom. The summed E-state index contributed by atoms with van der Waals surface area (Å²) in [5, 5.41) is 14.9. The molecule has 2 aromatic rings. The molecule has 8 heteroatoms. The second kappa shape index (κ2) is 8.81. The molecule has 1 aromatic carbocycles. The van der Waals surface area contributed by atoms with E-state index in [1.807, 2.05) is 0 Å². The van der Waals surface area contributed by atoms with Crippen LogP contribution in [0.1, 0.15) is 33.1 Å². The van der Waals surface area contributed by atoms with Crippen molar-refractivity contribution in [3.05, 3.63) is 30.1 Å². The largest absolute Gasteiger partial charge is 0.352 e. The number of aromatic nitrogens is 2. The molecule has 1 amide bonds. The summed E-state index contributed by atoms with van der Waals surface area (Å²) in [6.07, 6.45) is 3.48. The standard InChI is InChI=1S/C18H23FN4OS2/c1-11-5-3-8-15(12(11)2)21-16(24)10-25-18-23-22-17(26-18)20-14-7-4-6-13(19)9-14/h4,6-7,9,11-12,15H,3,5,8,10H2,1-2H3,(H,20,22)(H,21,24)/t11-,12-,15+/m1/s1. The summed E-state index contributed by atoms with van der Waals surface area (Å²) < 4.78 is 13.9. The Labute approximate surface area is 161 Å². The van der Waals surface area contributed by atoms with Crippen molar-refractivity contribution < 1.29 is 9.18 Å². The van der Waals surface area contributed by atoms with Gasteiger partial charge < -0.3 is 10.6 Å². The SMILES string of the molecule is C[C@@H]1[C@H](C)CCC[C@@H]1NC(=O)CSc1nnc(Nc2cccc(F)c2)s1. The maximum absolute atomic E-state index is 13.2. The summed E-state index contributed by atoms with van der Waals surface area (Å²) in [4.78, 5) is 12.2. The summed E-state index contributed by atoms with van der Waals surface area (Å²) >= 11 is 2.72. The Hall–Kier alpha value is -1.67. The normalized spacial score (nSPS) is 22.8. The highest BCUT2D eigenvalue weighted by molar-refractivity contribution is 8.01. The molecule has 1 aliphatic rings. The third-order valence-corrected chi connectivity index (χ3v) is 6.83. The fraction of sp³-hybridized carbons (Fsp3) is 0.500. The van der Waals surface area contributed by atoms with Gasteiger partial charge in [-0.25, -0.2) is 4.39 Å². The lowest BCUT2D eigenvalue weighted by Gasteiger charge is -2.34. The summed E-state index contributed by atoms with van der Waals surface area (Å²) in [5.41, 5.74) is 0.621. The molecule has 1 aromatic heterocycles. The van der Waals surface area contributed by atoms with Gasteiger partial charge in [-0.2, -0.15) is 0 Å². The van der Waals surface area contributed by atoms with Gasteiger partial charge in [0.05, 0.1) is 5.75 Å². The fourth-order valence-corrected chi connectivity index (χ4v) is 4.75. The van der Waals surface area contributed by atoms with Crippen molar-refractivity contribution >= 4 is 39.8 Å². The van der Waals surface area contributed by atoms with E-state index in [4.69, 9.17) is 0 Å². The highest BCUT2D eigenvalue weighted by atomic mass is 32.2. The van der Waals surface area contributed by atoms with Crippen molar-refractivity contribution in [3.63, 3.8) is 0 Å². The Morgan fingerprint density at radius 2 is 2.19 bits per heavy atom. The molecule has 1 fully saturated rings. The molecule has 140 valence electrons. The zero-order valence-electron chi connectivity index (χ0n) is 14.9. The Kier molecular flexibility index (Phi) is 6.48. The zero-order chi connectivity index (χ0) is 18.5. The van der Waals surface area contributed by atoms with E-state index in [2.05, 4.69) is 34.7 Å². The van der Waals surface area contributed by atoms with E-state index in [9.17, 15) is 9.18 Å². The highest BCUT2D eigenvalue weighted by Crippen LogP contribution is 2.30. The summed E-state index contributed by atoms with van der Waals surface area (Å²) in [6, 6.07) is 6.45. The third kappa shape index (κ3) is 5.17. The van der Waals surface area contributed by atoms with Crippen LogP contribution in [0.15, 0.2) is 28.6 Å². The molecule has 0 saturated heterocycles. The molecule has 1 saturated carbocycles. The first-order valence-electron chi connectivity index (χ1n) is 8.79. The van der Waals surface area contributed by atoms with Crippen molar-refractivity contribution in [2.24, 2.45) is 11.8 Å². The second-order valence-corrected chi connectivity index (χ2v) is 8.94. The van der Waals surface area contributed by atoms with Crippen molar-refractivity contribution in [1.29, 1.82) is 0 Å². The number of hydrogen-bond donors (Lipinski definition) is 2. The van der Waals surface area contributed by atoms with Crippen LogP contribution in [0.4, 0.5) is 15.2 Å². The van der Waals surface area contributed by atoms with Gasteiger partial charge in [0.2, 0.25) is 11.0 Å². The van der Waals surface area contributed by atoms with E-state index in [1.165, 1.54) is 48.1 Å². The molecule has 26 heavy (non-hydrogen) atoms. The molecule has 0 bridgehead atoms. The lowest BCUT2D eigenvalue weighted by Crippen LogP contribution is -2.44. The number of nitrogens with one attached hydrogen (secondary N) is 2. The number of anilines is 2. The average molecular weight is 395 g/mol. The van der Waals surface area contributed by atoms with Gasteiger partial charge in [-0.3, -0.25) is 4.79 Å². The van der Waals surface area contributed by atoms with Crippen LogP contribution < -0.4 is 10.6 Å². The molecule has 0 spiro atoms. The van der Waals surface area contributed by atoms with E-state index in [-0.39, 0.29) is 17.8 Å². The number of thioether (sulfide) groups is 1. The fourth-order valence-electron chi connectivity index (χ4n) is 3.17. The van der Waals surface area contributed by atoms with Gasteiger partial charge in [-0.05, 0) is 36.5 Å². The van der Waals surface area contributed by atoms with Gasteiger partial charge >= 0.3 is 0 Å². The maximum atomic E-state index is 13.2. The van der Waals surface area contributed by atoms with Crippen molar-refractivity contribution in [2.45, 2.75) is 43.5 Å². The zero-order valence-corrected chi connectivity index (χ0v) is 16.5. The first-order chi connectivity index (χ1) is 12.5. The molecular weight excluding hydrogens is 371 g/mol. The Balaban J connectivity index is 1.47. The van der Waals surface area contributed by atoms with Crippen LogP contribution >= 0.6 is 23.1 Å². The lowest BCUT2D eigenvalue weighted by atomic mass is 9.78. The molecular formula is C18H23FN4OS2. The topological polar surface area (TPSA) is 66.9 Å². The van der Waals surface area contributed by atoms with Crippen LogP contribution in [0.5, 0.6) is 0 Å². The van der Waals surface area contributed by atoms with Gasteiger partial charge in [0.1, 0.15) is 5.82 Å². The molecule has 3 atom stereocenters. The van der Waals surface area contributed by atoms with E-state index in [0.717, 1.165) is 6.42 Å². The van der Waals surface area contributed by atoms with E-state index < -0.39 is 0 Å². The lowest BCUT2D eigenvalue weighted by molar-refractivity contribution is -0.119. The highest BCUT2D eigenvalue weighted by Gasteiger charge is 2.28. The number of hydrogen-bond acceptors (Lipinski definition) is 6. The molecule has 5 nitrogen and oxygen atoms in total. The van der Waals surface area contributed by atoms with Crippen LogP contribution in [0.2, 0.25) is 0 Å². The van der Waals surface area contributed by atoms with E-state index >= 15 is 0 Å². The number of carbonyl (C=O) groups is 1. The number of carbonyl (C=O) groups excluding carboxylic acids is 1. The molecule has 0 aliphatic heterocycles. The number of amides is 1. The van der Waals surface area contributed by atoms with E-state index in [0.29, 0.717) is 32.7 Å². The van der Waals surface area contributed by atoms with Gasteiger partial charge in [0.25, 0.3) is 0 Å². The predicted molar refractivity (Wildman–Crippen MR) is 104 cm³/mol. The Bertz CT molecular complexity index is 754. The van der Waals surface area contributed by atoms with Crippen molar-refractivity contribution in [3.8, 4) is 0 Å². The summed E-state index contributed by atoms with van der Waals surface area (Å²) in [7, 11) is 0. The van der Waals surface area contributed by atoms with Crippen LogP contribution in [-0.4, -0.2) is 27.9 Å². The van der Waals surface area contributed by atoms with Crippen molar-refractivity contribution in [2.75, 3.05) is 11.1 Å². The maximum Gasteiger partial charge on any atom is 0.230 e. The Morgan fingerprint density at radius 3 is 3.00 bits per heavy atom. The quantitative estimate of drug-likeness (QED) is 0.709. The second-order valence-electron chi connectivity index (χ2n) is 6.74. The summed E-state index contributed by atoms with van der Waals surface area (Å²) in [5.74, 6) is 1.22. The van der Waals surface area contributed by atoms with Gasteiger partial charge in [-0.1, -0.05) is 55.9 Å². The minimum atomic E-state index is -0.308. The van der Waals surface area contributed by atoms with Crippen molar-refractivity contribution in [1.82, 2.24) is 15.5 Å². The third-order valence-electron chi connectivity index (χ3n) is 4.86. The molecule has 0 radical (unpaired) electrons. The average Bonchev–Trinajstić information content (AvgIpc) is 3.05. The molecule has 2 N–H and O–H groups in total. The molecule has 0 unspecified atom stereocenters. The molecule has 1 heterocycles. The van der Waals surface area contributed by atoms with Gasteiger partial charge in [0.15, 0.2) is 4.34 Å². The summed E-state index contributed by atoms with van der Waals surface area (Å²) in [6.45, 7) is 4.48. The van der Waals surface area contributed by atoms with Gasteiger partial charge in [0, 0.05) is 11.7 Å². The van der Waals surface area contributed by atoms with Crippen LogP contribution in [0.3, 0.4) is 0 Å². The smallest absolute Gasteiger partial charge is 0.230 e. The van der Waals surface area contributed by atoms with Gasteiger partial charge in [-0.15, -0.1) is 10.2 Å². The number of rotatable bonds is 6. The predicted octanol–water partition coefficient (Wildman–Crippen LogP) is 4.45. The minimum Gasteiger partial charge on any atom is -0.352 e. The monoisotopic (exact) mass is 394 g/mol. The molecule has 3 rings (SSSR count). The molecule has 1 aliphatic carbocycles. The van der Waals surface area contributed by atoms with Crippen LogP contribution in [0.25, 0.3) is 0 Å². The number of halogens is 1. The van der Waals surface area contributed by atoms with Crippen LogP contribution in [0, 0.1) is 17.7 Å². The minimum absolute atomic E-state index is 0.0378. The van der Waals surface area contributed by atoms with Crippen LogP contribution in [-0.2, 0) is 4.79 Å². The first-order valence-corrected chi connectivity index (χ1v) is 10.6. The number of nitrogens with zero attached hydrogens (tertiary/aromatic N) is 2. The number of benzene rings is 1. The first kappa shape index (κ1) is 19.1.